The van der Waals surface area contributed by atoms with Gasteiger partial charge in [-0.3, -0.25) is 0 Å². The molecule has 2 aromatic carbocycles. The zero-order valence-electron chi connectivity index (χ0n) is 14.3. The van der Waals surface area contributed by atoms with Crippen molar-refractivity contribution in [2.45, 2.75) is 32.7 Å². The smallest absolute Gasteiger partial charge is 0.338 e. The molecular weight excluding hydrogens is 332 g/mol. The molecule has 1 aliphatic heterocycles. The van der Waals surface area contributed by atoms with Gasteiger partial charge >= 0.3 is 5.97 Å². The van der Waals surface area contributed by atoms with Crippen LogP contribution in [0.1, 0.15) is 36.6 Å². The van der Waals surface area contributed by atoms with Crippen LogP contribution in [0, 0.1) is 0 Å². The highest BCUT2D eigenvalue weighted by atomic mass is 32.1. The lowest BCUT2D eigenvalue weighted by Gasteiger charge is -2.30. The molecule has 2 aliphatic rings. The summed E-state index contributed by atoms with van der Waals surface area (Å²) in [5, 5.41) is 9.35. The molecule has 0 radical (unpaired) electrons. The maximum Gasteiger partial charge on any atom is 0.338 e. The van der Waals surface area contributed by atoms with Crippen molar-refractivity contribution in [2.24, 2.45) is 0 Å². The standard InChI is InChI=1S/C20H20N2O2S/c1-3-24-19(23)16-11(2)21-20(25)22-18(16)15-10-9-13-8-7-12-5-4-6-14(15)17(12)13/h4-6,9-10,18H,3,7-8H2,1-2H3,(H2,21,22,25)/t18-/m1/s1. The van der Waals surface area contributed by atoms with Crippen molar-refractivity contribution in [3.8, 4) is 0 Å². The average Bonchev–Trinajstić information content (AvgIpc) is 3.00. The molecule has 0 spiro atoms. The van der Waals surface area contributed by atoms with E-state index in [4.69, 9.17) is 17.0 Å². The maximum atomic E-state index is 12.6. The van der Waals surface area contributed by atoms with Crippen molar-refractivity contribution in [1.82, 2.24) is 10.6 Å². The highest BCUT2D eigenvalue weighted by Crippen LogP contribution is 2.38. The molecule has 4 nitrogen and oxygen atoms in total. The first-order valence-corrected chi connectivity index (χ1v) is 8.99. The first-order valence-electron chi connectivity index (χ1n) is 8.59. The van der Waals surface area contributed by atoms with E-state index in [1.807, 2.05) is 13.8 Å². The van der Waals surface area contributed by atoms with Crippen molar-refractivity contribution >= 4 is 34.1 Å². The minimum Gasteiger partial charge on any atom is -0.463 e. The van der Waals surface area contributed by atoms with E-state index >= 15 is 0 Å². The van der Waals surface area contributed by atoms with E-state index in [0.29, 0.717) is 17.3 Å². The fraction of sp³-hybridized carbons (Fsp3) is 0.300. The topological polar surface area (TPSA) is 50.4 Å². The first-order chi connectivity index (χ1) is 12.1. The van der Waals surface area contributed by atoms with Gasteiger partial charge < -0.3 is 15.4 Å². The molecule has 128 valence electrons. The van der Waals surface area contributed by atoms with Crippen LogP contribution < -0.4 is 10.6 Å². The number of carbonyl (C=O) groups excluding carboxylic acids is 1. The largest absolute Gasteiger partial charge is 0.463 e. The number of rotatable bonds is 3. The van der Waals surface area contributed by atoms with E-state index in [0.717, 1.165) is 24.1 Å². The van der Waals surface area contributed by atoms with Crippen LogP contribution in [0.25, 0.3) is 10.8 Å². The predicted molar refractivity (Wildman–Crippen MR) is 102 cm³/mol. The Bertz CT molecular complexity index is 922. The quantitative estimate of drug-likeness (QED) is 0.656. The normalized spacial score (nSPS) is 19.0. The third-order valence-corrected chi connectivity index (χ3v) is 5.21. The molecule has 0 aromatic heterocycles. The van der Waals surface area contributed by atoms with Gasteiger partial charge in [0.15, 0.2) is 5.11 Å². The predicted octanol–water partition coefficient (Wildman–Crippen LogP) is 3.29. The summed E-state index contributed by atoms with van der Waals surface area (Å²) in [7, 11) is 0. The fourth-order valence-electron chi connectivity index (χ4n) is 3.93. The second-order valence-corrected chi connectivity index (χ2v) is 6.85. The number of thiocarbonyl (C=S) groups is 1. The minimum atomic E-state index is -0.309. The molecule has 0 bridgehead atoms. The summed E-state index contributed by atoms with van der Waals surface area (Å²) in [6.07, 6.45) is 2.15. The lowest BCUT2D eigenvalue weighted by Crippen LogP contribution is -2.45. The Morgan fingerprint density at radius 2 is 2.00 bits per heavy atom. The second kappa shape index (κ2) is 6.15. The third kappa shape index (κ3) is 2.59. The highest BCUT2D eigenvalue weighted by Gasteiger charge is 2.32. The van der Waals surface area contributed by atoms with Gasteiger partial charge in [-0.25, -0.2) is 4.79 Å². The summed E-state index contributed by atoms with van der Waals surface area (Å²) in [6, 6.07) is 10.4. The molecule has 0 saturated heterocycles. The fourth-order valence-corrected chi connectivity index (χ4v) is 4.20. The van der Waals surface area contributed by atoms with Gasteiger partial charge in [-0.05, 0) is 66.4 Å². The lowest BCUT2D eigenvalue weighted by atomic mass is 9.90. The Labute approximate surface area is 152 Å². The van der Waals surface area contributed by atoms with Crippen LogP contribution in [-0.4, -0.2) is 17.7 Å². The van der Waals surface area contributed by atoms with Crippen molar-refractivity contribution < 1.29 is 9.53 Å². The summed E-state index contributed by atoms with van der Waals surface area (Å²) in [4.78, 5) is 12.6. The summed E-state index contributed by atoms with van der Waals surface area (Å²) in [5.74, 6) is -0.309. The maximum absolute atomic E-state index is 12.6. The van der Waals surface area contributed by atoms with E-state index in [9.17, 15) is 4.79 Å². The lowest BCUT2D eigenvalue weighted by molar-refractivity contribution is -0.139. The Hall–Kier alpha value is -2.40. The van der Waals surface area contributed by atoms with E-state index in [-0.39, 0.29) is 12.0 Å². The van der Waals surface area contributed by atoms with Crippen LogP contribution in [0.3, 0.4) is 0 Å². The number of carbonyl (C=O) groups is 1. The van der Waals surface area contributed by atoms with Gasteiger partial charge in [0.25, 0.3) is 0 Å². The van der Waals surface area contributed by atoms with Gasteiger partial charge in [-0.2, -0.15) is 0 Å². The van der Waals surface area contributed by atoms with Gasteiger partial charge in [0.2, 0.25) is 0 Å². The molecule has 4 rings (SSSR count). The monoisotopic (exact) mass is 352 g/mol. The molecule has 25 heavy (non-hydrogen) atoms. The third-order valence-electron chi connectivity index (χ3n) is 4.99. The minimum absolute atomic E-state index is 0.308. The average molecular weight is 352 g/mol. The number of allylic oxidation sites excluding steroid dienone is 1. The number of nitrogens with one attached hydrogen (secondary N) is 2. The molecule has 0 amide bonds. The summed E-state index contributed by atoms with van der Waals surface area (Å²) >= 11 is 5.34. The number of hydrogen-bond donors (Lipinski definition) is 2. The molecule has 2 N–H and O–H groups in total. The summed E-state index contributed by atoms with van der Waals surface area (Å²) in [6.45, 7) is 4.03. The van der Waals surface area contributed by atoms with E-state index in [1.165, 1.54) is 21.9 Å². The molecule has 1 aliphatic carbocycles. The Morgan fingerprint density at radius 3 is 2.76 bits per heavy atom. The van der Waals surface area contributed by atoms with E-state index in [2.05, 4.69) is 41.0 Å². The van der Waals surface area contributed by atoms with Crippen molar-refractivity contribution in [3.05, 3.63) is 58.3 Å². The Balaban J connectivity index is 1.91. The molecule has 1 atom stereocenters. The molecule has 2 aromatic rings. The van der Waals surface area contributed by atoms with Gasteiger partial charge in [0.1, 0.15) is 0 Å². The first kappa shape index (κ1) is 16.1. The van der Waals surface area contributed by atoms with Crippen LogP contribution in [0.5, 0.6) is 0 Å². The van der Waals surface area contributed by atoms with Crippen molar-refractivity contribution in [2.75, 3.05) is 6.61 Å². The molecular formula is C20H20N2O2S. The van der Waals surface area contributed by atoms with Gasteiger partial charge in [0.05, 0.1) is 18.2 Å². The van der Waals surface area contributed by atoms with Crippen LogP contribution in [0.4, 0.5) is 0 Å². The number of benzene rings is 2. The summed E-state index contributed by atoms with van der Waals surface area (Å²) < 4.78 is 5.29. The Morgan fingerprint density at radius 1 is 1.24 bits per heavy atom. The molecule has 1 heterocycles. The van der Waals surface area contributed by atoms with Gasteiger partial charge in [0, 0.05) is 5.70 Å². The SMILES string of the molecule is CCOC(=O)C1=C(C)NC(=S)N[C@@H]1c1ccc2c3c(cccc13)CC2. The van der Waals surface area contributed by atoms with E-state index in [1.54, 1.807) is 0 Å². The summed E-state index contributed by atoms with van der Waals surface area (Å²) in [5.41, 5.74) is 5.16. The second-order valence-electron chi connectivity index (χ2n) is 6.44. The molecule has 5 heteroatoms. The molecule has 0 unspecified atom stereocenters. The number of esters is 1. The van der Waals surface area contributed by atoms with Gasteiger partial charge in [-0.1, -0.05) is 30.3 Å². The van der Waals surface area contributed by atoms with Crippen molar-refractivity contribution in [3.63, 3.8) is 0 Å². The van der Waals surface area contributed by atoms with Crippen LogP contribution in [0.2, 0.25) is 0 Å². The van der Waals surface area contributed by atoms with Crippen molar-refractivity contribution in [1.29, 1.82) is 0 Å². The zero-order chi connectivity index (χ0) is 17.6. The van der Waals surface area contributed by atoms with E-state index < -0.39 is 0 Å². The zero-order valence-corrected chi connectivity index (χ0v) is 15.1. The number of aryl methyl sites for hydroxylation is 2. The van der Waals surface area contributed by atoms with Crippen LogP contribution >= 0.6 is 12.2 Å². The highest BCUT2D eigenvalue weighted by molar-refractivity contribution is 7.80. The molecule has 0 saturated carbocycles. The number of ether oxygens (including phenoxy) is 1. The Kier molecular flexibility index (Phi) is 3.96. The van der Waals surface area contributed by atoms with Crippen LogP contribution in [0.15, 0.2) is 41.6 Å². The molecule has 0 fully saturated rings. The number of hydrogen-bond acceptors (Lipinski definition) is 3. The van der Waals surface area contributed by atoms with Gasteiger partial charge in [-0.15, -0.1) is 0 Å². The van der Waals surface area contributed by atoms with Crippen LogP contribution in [-0.2, 0) is 22.4 Å².